The van der Waals surface area contributed by atoms with Gasteiger partial charge in [-0.25, -0.2) is 0 Å². The van der Waals surface area contributed by atoms with Crippen molar-refractivity contribution in [2.24, 2.45) is 11.8 Å². The molecule has 2 aliphatic heterocycles. The van der Waals surface area contributed by atoms with Gasteiger partial charge < -0.3 is 9.80 Å². The number of hydrogen-bond acceptors (Lipinski definition) is 5. The molecule has 2 atom stereocenters. The van der Waals surface area contributed by atoms with Crippen LogP contribution in [0, 0.1) is 18.8 Å². The molecule has 2 saturated heterocycles. The number of nitrogens with zero attached hydrogens (tertiary/aromatic N) is 5. The molecule has 0 unspecified atom stereocenters. The highest BCUT2D eigenvalue weighted by Gasteiger charge is 2.27. The molecule has 156 valence electrons. The summed E-state index contributed by atoms with van der Waals surface area (Å²) >= 11 is 1.50. The minimum atomic E-state index is 0.203. The summed E-state index contributed by atoms with van der Waals surface area (Å²) < 4.78 is 2.12. The lowest BCUT2D eigenvalue weighted by Crippen LogP contribution is -2.43. The third kappa shape index (κ3) is 4.60. The number of hydrogen-bond donors (Lipinski definition) is 0. The Balaban J connectivity index is 1.54. The van der Waals surface area contributed by atoms with Crippen LogP contribution in [-0.2, 0) is 4.79 Å². The third-order valence-electron chi connectivity index (χ3n) is 5.84. The Morgan fingerprint density at radius 1 is 1.07 bits per heavy atom. The van der Waals surface area contributed by atoms with Crippen molar-refractivity contribution in [3.8, 4) is 5.69 Å². The van der Waals surface area contributed by atoms with Crippen LogP contribution in [0.3, 0.4) is 0 Å². The van der Waals surface area contributed by atoms with Gasteiger partial charge in [-0.15, -0.1) is 10.2 Å². The van der Waals surface area contributed by atoms with Crippen LogP contribution in [0.2, 0.25) is 0 Å². The van der Waals surface area contributed by atoms with Crippen LogP contribution in [-0.4, -0.2) is 57.5 Å². The summed E-state index contributed by atoms with van der Waals surface area (Å²) in [6.45, 7) is 10.3. The van der Waals surface area contributed by atoms with Crippen molar-refractivity contribution in [2.75, 3.05) is 36.8 Å². The minimum Gasteiger partial charge on any atom is -0.341 e. The van der Waals surface area contributed by atoms with Gasteiger partial charge in [-0.05, 0) is 50.2 Å². The number of amides is 1. The lowest BCUT2D eigenvalue weighted by Gasteiger charge is -2.35. The summed E-state index contributed by atoms with van der Waals surface area (Å²) in [5.74, 6) is 2.65. The molecule has 2 aromatic rings. The minimum absolute atomic E-state index is 0.203. The molecule has 6 nitrogen and oxygen atoms in total. The maximum Gasteiger partial charge on any atom is 0.233 e. The van der Waals surface area contributed by atoms with Crippen molar-refractivity contribution >= 4 is 23.6 Å². The number of likely N-dealkylation sites (tertiary alicyclic amines) is 1. The Labute approximate surface area is 177 Å². The summed E-state index contributed by atoms with van der Waals surface area (Å²) in [4.78, 5) is 17.2. The van der Waals surface area contributed by atoms with E-state index >= 15 is 0 Å². The van der Waals surface area contributed by atoms with Crippen LogP contribution in [0.1, 0.15) is 38.7 Å². The van der Waals surface area contributed by atoms with E-state index in [4.69, 9.17) is 0 Å². The highest BCUT2D eigenvalue weighted by molar-refractivity contribution is 7.99. The van der Waals surface area contributed by atoms with Gasteiger partial charge in [0.15, 0.2) is 5.16 Å². The molecule has 7 heteroatoms. The average Bonchev–Trinajstić information content (AvgIpc) is 3.35. The molecule has 0 N–H and O–H groups in total. The smallest absolute Gasteiger partial charge is 0.233 e. The Kier molecular flexibility index (Phi) is 6.13. The van der Waals surface area contributed by atoms with Crippen molar-refractivity contribution in [2.45, 2.75) is 45.2 Å². The molecule has 1 aromatic carbocycles. The van der Waals surface area contributed by atoms with Crippen molar-refractivity contribution in [3.05, 3.63) is 29.8 Å². The largest absolute Gasteiger partial charge is 0.341 e. The molecule has 0 aliphatic carbocycles. The van der Waals surface area contributed by atoms with Crippen LogP contribution >= 0.6 is 11.8 Å². The Bertz CT molecular complexity index is 833. The molecule has 0 radical (unpaired) electrons. The van der Waals surface area contributed by atoms with Crippen molar-refractivity contribution in [3.63, 3.8) is 0 Å². The molecule has 1 aromatic heterocycles. The number of aromatic nitrogens is 3. The predicted octanol–water partition coefficient (Wildman–Crippen LogP) is 3.77. The summed E-state index contributed by atoms with van der Waals surface area (Å²) in [6, 6.07) is 8.44. The fourth-order valence-electron chi connectivity index (χ4n) is 4.48. The highest BCUT2D eigenvalue weighted by Crippen LogP contribution is 2.29. The van der Waals surface area contributed by atoms with Crippen LogP contribution < -0.4 is 4.90 Å². The van der Waals surface area contributed by atoms with E-state index in [2.05, 4.69) is 64.7 Å². The van der Waals surface area contributed by atoms with Gasteiger partial charge in [-0.2, -0.15) is 0 Å². The second-order valence-corrected chi connectivity index (χ2v) is 9.62. The van der Waals surface area contributed by atoms with E-state index in [1.54, 1.807) is 0 Å². The zero-order valence-corrected chi connectivity index (χ0v) is 18.5. The van der Waals surface area contributed by atoms with Crippen LogP contribution in [0.15, 0.2) is 29.4 Å². The van der Waals surface area contributed by atoms with Gasteiger partial charge in [0.1, 0.15) is 0 Å². The fourth-order valence-corrected chi connectivity index (χ4v) is 5.33. The second kappa shape index (κ2) is 8.78. The molecule has 29 heavy (non-hydrogen) atoms. The number of anilines is 1. The SMILES string of the molecule is Cc1ccc(-n2c(SCC(=O)N3C[C@H](C)C[C@H](C)C3)nnc2N2CCCC2)cc1. The molecule has 0 saturated carbocycles. The molecule has 0 bridgehead atoms. The predicted molar refractivity (Wildman–Crippen MR) is 118 cm³/mol. The average molecular weight is 414 g/mol. The number of aryl methyl sites for hydroxylation is 1. The summed E-state index contributed by atoms with van der Waals surface area (Å²) in [6.07, 6.45) is 3.58. The maximum atomic E-state index is 12.9. The van der Waals surface area contributed by atoms with Crippen molar-refractivity contribution < 1.29 is 4.79 Å². The molecule has 0 spiro atoms. The first-order chi connectivity index (χ1) is 14.0. The number of carbonyl (C=O) groups is 1. The molecule has 2 aliphatic rings. The Hall–Kier alpha value is -2.02. The summed E-state index contributed by atoms with van der Waals surface area (Å²) in [5, 5.41) is 9.77. The quantitative estimate of drug-likeness (QED) is 0.699. The van der Waals surface area contributed by atoms with Crippen LogP contribution in [0.4, 0.5) is 5.95 Å². The number of carbonyl (C=O) groups excluding carboxylic acids is 1. The summed E-state index contributed by atoms with van der Waals surface area (Å²) in [5.41, 5.74) is 2.28. The molecular weight excluding hydrogens is 382 g/mol. The normalized spacial score (nSPS) is 22.3. The van der Waals surface area contributed by atoms with Gasteiger partial charge in [-0.3, -0.25) is 9.36 Å². The summed E-state index contributed by atoms with van der Waals surface area (Å²) in [7, 11) is 0. The Morgan fingerprint density at radius 2 is 1.72 bits per heavy atom. The van der Waals surface area contributed by atoms with Gasteiger partial charge in [0.2, 0.25) is 11.9 Å². The molecule has 2 fully saturated rings. The van der Waals surface area contributed by atoms with E-state index in [-0.39, 0.29) is 5.91 Å². The fraction of sp³-hybridized carbons (Fsp3) is 0.591. The third-order valence-corrected chi connectivity index (χ3v) is 6.76. The topological polar surface area (TPSA) is 54.3 Å². The van der Waals surface area contributed by atoms with Crippen LogP contribution in [0.5, 0.6) is 0 Å². The maximum absolute atomic E-state index is 12.9. The van der Waals surface area contributed by atoms with Gasteiger partial charge in [0.05, 0.1) is 11.4 Å². The van der Waals surface area contributed by atoms with Crippen molar-refractivity contribution in [1.29, 1.82) is 0 Å². The lowest BCUT2D eigenvalue weighted by molar-refractivity contribution is -0.130. The molecular formula is C22H31N5OS. The first-order valence-corrected chi connectivity index (χ1v) is 11.7. The van der Waals surface area contributed by atoms with E-state index in [1.807, 2.05) is 4.90 Å². The number of rotatable bonds is 5. The lowest BCUT2D eigenvalue weighted by atomic mass is 9.92. The number of benzene rings is 1. The van der Waals surface area contributed by atoms with Gasteiger partial charge in [0, 0.05) is 26.2 Å². The monoisotopic (exact) mass is 413 g/mol. The molecule has 4 rings (SSSR count). The Morgan fingerprint density at radius 3 is 2.38 bits per heavy atom. The van der Waals surface area contributed by atoms with E-state index < -0.39 is 0 Å². The first kappa shape index (κ1) is 20.3. The second-order valence-electron chi connectivity index (χ2n) is 8.68. The van der Waals surface area contributed by atoms with E-state index in [0.29, 0.717) is 17.6 Å². The highest BCUT2D eigenvalue weighted by atomic mass is 32.2. The molecule has 1 amide bonds. The van der Waals surface area contributed by atoms with Crippen molar-refractivity contribution in [1.82, 2.24) is 19.7 Å². The molecule has 3 heterocycles. The van der Waals surface area contributed by atoms with Crippen LogP contribution in [0.25, 0.3) is 5.69 Å². The van der Waals surface area contributed by atoms with E-state index in [0.717, 1.165) is 43.0 Å². The van der Waals surface area contributed by atoms with E-state index in [1.165, 1.54) is 36.6 Å². The number of piperidine rings is 1. The van der Waals surface area contributed by atoms with Gasteiger partial charge >= 0.3 is 0 Å². The number of thioether (sulfide) groups is 1. The van der Waals surface area contributed by atoms with Gasteiger partial charge in [0.25, 0.3) is 0 Å². The first-order valence-electron chi connectivity index (χ1n) is 10.7. The van der Waals surface area contributed by atoms with E-state index in [9.17, 15) is 4.79 Å². The van der Waals surface area contributed by atoms with Gasteiger partial charge in [-0.1, -0.05) is 43.3 Å². The zero-order valence-electron chi connectivity index (χ0n) is 17.7. The zero-order chi connectivity index (χ0) is 20.4. The standard InChI is InChI=1S/C22H31N5OS/c1-16-6-8-19(9-7-16)27-21(25-10-4-5-11-25)23-24-22(27)29-15-20(28)26-13-17(2)12-18(3)14-26/h6-9,17-18H,4-5,10-15H2,1-3H3/t17-,18+.